The van der Waals surface area contributed by atoms with E-state index in [1.54, 1.807) is 0 Å². The predicted molar refractivity (Wildman–Crippen MR) is 125 cm³/mol. The van der Waals surface area contributed by atoms with Crippen molar-refractivity contribution in [2.45, 2.75) is 58.9 Å². The Morgan fingerprint density at radius 2 is 2.10 bits per heavy atom. The van der Waals surface area contributed by atoms with Crippen LogP contribution < -0.4 is 10.6 Å². The maximum absolute atomic E-state index is 11.8. The number of allylic oxidation sites excluding steroid dienone is 1. The minimum atomic E-state index is -0.357. The molecule has 0 fully saturated rings. The van der Waals surface area contributed by atoms with Gasteiger partial charge in [-0.3, -0.25) is 9.69 Å². The van der Waals surface area contributed by atoms with E-state index >= 15 is 0 Å². The van der Waals surface area contributed by atoms with E-state index in [1.807, 2.05) is 18.2 Å². The highest BCUT2D eigenvalue weighted by atomic mass is 16.1. The van der Waals surface area contributed by atoms with E-state index in [1.165, 1.54) is 11.3 Å². The molecule has 29 heavy (non-hydrogen) atoms. The number of nitrogens with zero attached hydrogens (tertiary/aromatic N) is 2. The number of amides is 1. The Morgan fingerprint density at radius 1 is 1.34 bits per heavy atom. The molecule has 0 aromatic heterocycles. The molecule has 3 atom stereocenters. The first-order chi connectivity index (χ1) is 14.0. The fourth-order valence-electron chi connectivity index (χ4n) is 4.65. The summed E-state index contributed by atoms with van der Waals surface area (Å²) in [6.07, 6.45) is 9.96. The summed E-state index contributed by atoms with van der Waals surface area (Å²) >= 11 is 0. The summed E-state index contributed by atoms with van der Waals surface area (Å²) in [6, 6.07) is 6.45. The molecule has 160 valence electrons. The third kappa shape index (κ3) is 5.51. The zero-order valence-corrected chi connectivity index (χ0v) is 18.7. The third-order valence-corrected chi connectivity index (χ3v) is 6.10. The fourth-order valence-corrected chi connectivity index (χ4v) is 4.65. The van der Waals surface area contributed by atoms with Gasteiger partial charge in [0.1, 0.15) is 0 Å². The number of benzene rings is 1. The molecular formula is C25H39N3O. The van der Waals surface area contributed by atoms with Gasteiger partial charge >= 0.3 is 0 Å². The molecule has 0 radical (unpaired) electrons. The molecule has 0 saturated heterocycles. The molecule has 1 aromatic carbocycles. The number of hydrogen-bond acceptors (Lipinski definition) is 3. The monoisotopic (exact) mass is 397 g/mol. The quantitative estimate of drug-likeness (QED) is 0.507. The summed E-state index contributed by atoms with van der Waals surface area (Å²) in [5.41, 5.74) is 8.76. The van der Waals surface area contributed by atoms with E-state index < -0.39 is 0 Å². The van der Waals surface area contributed by atoms with Gasteiger partial charge < -0.3 is 10.6 Å². The van der Waals surface area contributed by atoms with Crippen LogP contribution in [0.1, 0.15) is 68.8 Å². The Bertz CT molecular complexity index is 712. The molecule has 3 unspecified atom stereocenters. The summed E-state index contributed by atoms with van der Waals surface area (Å²) in [7, 11) is 0. The van der Waals surface area contributed by atoms with Crippen molar-refractivity contribution in [3.8, 4) is 0 Å². The van der Waals surface area contributed by atoms with E-state index in [4.69, 9.17) is 5.73 Å². The average Bonchev–Trinajstić information content (AvgIpc) is 3.02. The van der Waals surface area contributed by atoms with Crippen LogP contribution in [-0.4, -0.2) is 43.0 Å². The highest BCUT2D eigenvalue weighted by Crippen LogP contribution is 2.46. The van der Waals surface area contributed by atoms with Crippen LogP contribution in [0.4, 0.5) is 5.69 Å². The van der Waals surface area contributed by atoms with Gasteiger partial charge in [-0.25, -0.2) is 0 Å². The number of fused-ring (bicyclic) bond motifs is 1. The van der Waals surface area contributed by atoms with E-state index in [2.05, 4.69) is 62.3 Å². The van der Waals surface area contributed by atoms with Crippen molar-refractivity contribution in [3.63, 3.8) is 0 Å². The Labute approximate surface area is 177 Å². The maximum Gasteiger partial charge on any atom is 0.248 e. The molecule has 1 amide bonds. The van der Waals surface area contributed by atoms with Crippen molar-refractivity contribution in [2.24, 2.45) is 11.7 Å². The van der Waals surface area contributed by atoms with Gasteiger partial charge in [0, 0.05) is 42.8 Å². The summed E-state index contributed by atoms with van der Waals surface area (Å²) < 4.78 is 0. The molecule has 0 spiro atoms. The molecule has 0 saturated carbocycles. The van der Waals surface area contributed by atoms with Gasteiger partial charge in [0.15, 0.2) is 0 Å². The van der Waals surface area contributed by atoms with Gasteiger partial charge in [0.05, 0.1) is 0 Å². The number of carbonyl (C=O) groups excluding carboxylic acids is 1. The highest BCUT2D eigenvalue weighted by Gasteiger charge is 2.40. The van der Waals surface area contributed by atoms with E-state index in [0.717, 1.165) is 45.4 Å². The van der Waals surface area contributed by atoms with Crippen molar-refractivity contribution in [1.82, 2.24) is 4.90 Å². The van der Waals surface area contributed by atoms with E-state index in [9.17, 15) is 4.79 Å². The minimum Gasteiger partial charge on any atom is -0.366 e. The average molecular weight is 398 g/mol. The van der Waals surface area contributed by atoms with Crippen molar-refractivity contribution in [3.05, 3.63) is 54.1 Å². The lowest BCUT2D eigenvalue weighted by molar-refractivity contribution is 0.100. The predicted octanol–water partition coefficient (Wildman–Crippen LogP) is 4.97. The van der Waals surface area contributed by atoms with E-state index in [-0.39, 0.29) is 5.91 Å². The van der Waals surface area contributed by atoms with Crippen molar-refractivity contribution >= 4 is 11.6 Å². The molecule has 1 aromatic rings. The lowest BCUT2D eigenvalue weighted by Crippen LogP contribution is -2.43. The number of primary amides is 1. The van der Waals surface area contributed by atoms with Crippen LogP contribution in [0.3, 0.4) is 0 Å². The molecule has 0 aliphatic carbocycles. The van der Waals surface area contributed by atoms with Gasteiger partial charge in [-0.2, -0.15) is 0 Å². The Balaban J connectivity index is 2.44. The zero-order valence-electron chi connectivity index (χ0n) is 18.7. The second-order valence-corrected chi connectivity index (χ2v) is 8.09. The number of carbonyl (C=O) groups is 1. The molecular weight excluding hydrogens is 358 g/mol. The Hall–Kier alpha value is -2.07. The van der Waals surface area contributed by atoms with Crippen molar-refractivity contribution < 1.29 is 4.79 Å². The topological polar surface area (TPSA) is 49.6 Å². The number of rotatable bonds is 12. The van der Waals surface area contributed by atoms with Gasteiger partial charge in [0.2, 0.25) is 5.91 Å². The SMILES string of the molecule is C=CCN(CC)CCN1c2cc(C(N)=O)ccc2C(CCC)C1C(C)/C=C\CC. The smallest absolute Gasteiger partial charge is 0.248 e. The number of hydrogen-bond donors (Lipinski definition) is 1. The first-order valence-electron chi connectivity index (χ1n) is 11.2. The van der Waals surface area contributed by atoms with E-state index in [0.29, 0.717) is 23.4 Å². The van der Waals surface area contributed by atoms with Crippen LogP contribution in [0.25, 0.3) is 0 Å². The first-order valence-corrected chi connectivity index (χ1v) is 11.2. The third-order valence-electron chi connectivity index (χ3n) is 6.10. The summed E-state index contributed by atoms with van der Waals surface area (Å²) in [6.45, 7) is 16.7. The van der Waals surface area contributed by atoms with Crippen LogP contribution in [0.2, 0.25) is 0 Å². The standard InChI is InChI=1S/C25H39N3O/c1-6-10-12-19(5)24-22(11-7-2)21-14-13-20(25(26)29)18-23(21)28(24)17-16-27(9-4)15-8-3/h8,10,12-14,18-19,22,24H,3,6-7,9,11,15-17H2,1-2,4-5H3,(H2,26,29)/b12-10-. The van der Waals surface area contributed by atoms with Crippen LogP contribution >= 0.6 is 0 Å². The minimum absolute atomic E-state index is 0.357. The van der Waals surface area contributed by atoms with Crippen LogP contribution in [0, 0.1) is 5.92 Å². The molecule has 2 N–H and O–H groups in total. The largest absolute Gasteiger partial charge is 0.366 e. The van der Waals surface area contributed by atoms with Gasteiger partial charge in [-0.05, 0) is 43.0 Å². The molecule has 1 aliphatic heterocycles. The second kappa shape index (κ2) is 11.2. The molecule has 4 nitrogen and oxygen atoms in total. The number of anilines is 1. The van der Waals surface area contributed by atoms with Gasteiger partial charge in [-0.1, -0.05) is 58.4 Å². The molecule has 4 heteroatoms. The summed E-state index contributed by atoms with van der Waals surface area (Å²) in [5, 5.41) is 0. The Morgan fingerprint density at radius 3 is 2.69 bits per heavy atom. The molecule has 2 rings (SSSR count). The normalized spacial score (nSPS) is 19.7. The Kier molecular flexibility index (Phi) is 8.97. The first kappa shape index (κ1) is 23.2. The molecule has 1 heterocycles. The van der Waals surface area contributed by atoms with Crippen molar-refractivity contribution in [1.29, 1.82) is 0 Å². The lowest BCUT2D eigenvalue weighted by atomic mass is 9.84. The van der Waals surface area contributed by atoms with Crippen LogP contribution in [-0.2, 0) is 0 Å². The second-order valence-electron chi connectivity index (χ2n) is 8.09. The summed E-state index contributed by atoms with van der Waals surface area (Å²) in [5.74, 6) is 0.553. The van der Waals surface area contributed by atoms with Crippen LogP contribution in [0.5, 0.6) is 0 Å². The van der Waals surface area contributed by atoms with Gasteiger partial charge in [-0.15, -0.1) is 6.58 Å². The zero-order chi connectivity index (χ0) is 21.4. The fraction of sp³-hybridized carbons (Fsp3) is 0.560. The van der Waals surface area contributed by atoms with Crippen LogP contribution in [0.15, 0.2) is 43.0 Å². The number of likely N-dealkylation sites (N-methyl/N-ethyl adjacent to an activating group) is 1. The molecule has 1 aliphatic rings. The lowest BCUT2D eigenvalue weighted by Gasteiger charge is -2.35. The highest BCUT2D eigenvalue weighted by molar-refractivity contribution is 5.94. The molecule has 0 bridgehead atoms. The van der Waals surface area contributed by atoms with Crippen molar-refractivity contribution in [2.75, 3.05) is 31.1 Å². The summed E-state index contributed by atoms with van der Waals surface area (Å²) in [4.78, 5) is 16.8. The maximum atomic E-state index is 11.8. The van der Waals surface area contributed by atoms with Gasteiger partial charge in [0.25, 0.3) is 0 Å². The number of nitrogens with two attached hydrogens (primary N) is 1.